The number of fused-ring (bicyclic) bond motifs is 2. The van der Waals surface area contributed by atoms with Gasteiger partial charge in [-0.05, 0) is 41.7 Å². The van der Waals surface area contributed by atoms with E-state index in [1.165, 1.54) is 0 Å². The lowest BCUT2D eigenvalue weighted by molar-refractivity contribution is -0.131. The SMILES string of the molecule is CC(C)CC(C)(C)CNC(=O)C(C)(C)CC(C)(C)CNc1c2ccccc2nc2ccccc12. The van der Waals surface area contributed by atoms with Gasteiger partial charge in [0.15, 0.2) is 0 Å². The molecule has 1 amide bonds. The molecule has 34 heavy (non-hydrogen) atoms. The minimum absolute atomic E-state index is 0.0836. The second-order valence-electron chi connectivity index (χ2n) is 12.5. The van der Waals surface area contributed by atoms with Gasteiger partial charge in [0.2, 0.25) is 5.91 Å². The summed E-state index contributed by atoms with van der Waals surface area (Å²) >= 11 is 0. The number of anilines is 1. The Morgan fingerprint density at radius 3 is 1.88 bits per heavy atom. The fraction of sp³-hybridized carbons (Fsp3) is 0.533. The van der Waals surface area contributed by atoms with Gasteiger partial charge in [-0.25, -0.2) is 4.98 Å². The topological polar surface area (TPSA) is 54.0 Å². The predicted molar refractivity (Wildman–Crippen MR) is 146 cm³/mol. The summed E-state index contributed by atoms with van der Waals surface area (Å²) in [7, 11) is 0. The number of nitrogens with zero attached hydrogens (tertiary/aromatic N) is 1. The van der Waals surface area contributed by atoms with E-state index in [0.717, 1.165) is 46.9 Å². The molecule has 0 aliphatic heterocycles. The second kappa shape index (κ2) is 9.93. The number of hydrogen-bond acceptors (Lipinski definition) is 3. The lowest BCUT2D eigenvalue weighted by Crippen LogP contribution is -2.44. The van der Waals surface area contributed by atoms with Crippen LogP contribution in [0.15, 0.2) is 48.5 Å². The first kappa shape index (κ1) is 26.0. The van der Waals surface area contributed by atoms with Crippen molar-refractivity contribution in [2.45, 2.75) is 68.2 Å². The Balaban J connectivity index is 1.72. The van der Waals surface area contributed by atoms with Crippen molar-refractivity contribution in [1.82, 2.24) is 10.3 Å². The van der Waals surface area contributed by atoms with E-state index in [-0.39, 0.29) is 16.7 Å². The number of rotatable bonds is 10. The first-order valence-electron chi connectivity index (χ1n) is 12.6. The van der Waals surface area contributed by atoms with Crippen LogP contribution in [0.4, 0.5) is 5.69 Å². The fourth-order valence-corrected chi connectivity index (χ4v) is 5.43. The van der Waals surface area contributed by atoms with E-state index < -0.39 is 5.41 Å². The third-order valence-electron chi connectivity index (χ3n) is 6.55. The average molecular weight is 462 g/mol. The maximum absolute atomic E-state index is 13.2. The highest BCUT2D eigenvalue weighted by atomic mass is 16.2. The summed E-state index contributed by atoms with van der Waals surface area (Å²) in [6.07, 6.45) is 1.88. The van der Waals surface area contributed by atoms with E-state index in [4.69, 9.17) is 4.98 Å². The van der Waals surface area contributed by atoms with Gasteiger partial charge >= 0.3 is 0 Å². The van der Waals surface area contributed by atoms with Crippen molar-refractivity contribution < 1.29 is 4.79 Å². The van der Waals surface area contributed by atoms with Gasteiger partial charge in [-0.1, -0.05) is 91.8 Å². The van der Waals surface area contributed by atoms with Gasteiger partial charge < -0.3 is 10.6 Å². The minimum atomic E-state index is -0.457. The normalized spacial score (nSPS) is 13.0. The molecule has 4 nitrogen and oxygen atoms in total. The molecular formula is C30H43N3O. The van der Waals surface area contributed by atoms with Crippen molar-refractivity contribution in [2.75, 3.05) is 18.4 Å². The molecule has 0 spiro atoms. The summed E-state index contributed by atoms with van der Waals surface area (Å²) in [5.74, 6) is 0.752. The van der Waals surface area contributed by atoms with Crippen molar-refractivity contribution in [2.24, 2.45) is 22.2 Å². The van der Waals surface area contributed by atoms with Crippen LogP contribution in [0, 0.1) is 22.2 Å². The Labute approximate surface area is 205 Å². The van der Waals surface area contributed by atoms with Crippen LogP contribution >= 0.6 is 0 Å². The molecule has 0 bridgehead atoms. The zero-order valence-corrected chi connectivity index (χ0v) is 22.4. The molecule has 0 aliphatic rings. The van der Waals surface area contributed by atoms with Crippen LogP contribution in [0.3, 0.4) is 0 Å². The first-order chi connectivity index (χ1) is 15.8. The monoisotopic (exact) mass is 461 g/mol. The molecule has 2 N–H and O–H groups in total. The molecule has 2 aromatic carbocycles. The molecule has 0 unspecified atom stereocenters. The van der Waals surface area contributed by atoms with Crippen molar-refractivity contribution >= 4 is 33.4 Å². The highest BCUT2D eigenvalue weighted by Gasteiger charge is 2.35. The number of carbonyl (C=O) groups is 1. The van der Waals surface area contributed by atoms with Gasteiger partial charge in [-0.15, -0.1) is 0 Å². The molecule has 4 heteroatoms. The van der Waals surface area contributed by atoms with Crippen LogP contribution < -0.4 is 10.6 Å². The van der Waals surface area contributed by atoms with E-state index in [2.05, 4.69) is 102 Å². The number of nitrogens with one attached hydrogen (secondary N) is 2. The number of pyridine rings is 1. The van der Waals surface area contributed by atoms with Gasteiger partial charge in [0.1, 0.15) is 0 Å². The van der Waals surface area contributed by atoms with Crippen molar-refractivity contribution in [3.05, 3.63) is 48.5 Å². The van der Waals surface area contributed by atoms with Gasteiger partial charge in [-0.3, -0.25) is 4.79 Å². The highest BCUT2D eigenvalue weighted by Crippen LogP contribution is 2.37. The Bertz CT molecular complexity index is 1090. The quantitative estimate of drug-likeness (QED) is 0.309. The van der Waals surface area contributed by atoms with Gasteiger partial charge in [0.25, 0.3) is 0 Å². The van der Waals surface area contributed by atoms with E-state index in [0.29, 0.717) is 12.5 Å². The Morgan fingerprint density at radius 1 is 0.824 bits per heavy atom. The Morgan fingerprint density at radius 2 is 1.35 bits per heavy atom. The van der Waals surface area contributed by atoms with Crippen molar-refractivity contribution in [1.29, 1.82) is 0 Å². The van der Waals surface area contributed by atoms with E-state index in [1.807, 2.05) is 12.1 Å². The second-order valence-corrected chi connectivity index (χ2v) is 12.5. The van der Waals surface area contributed by atoms with Crippen LogP contribution in [-0.2, 0) is 4.79 Å². The van der Waals surface area contributed by atoms with Crippen molar-refractivity contribution in [3.8, 4) is 0 Å². The fourth-order valence-electron chi connectivity index (χ4n) is 5.43. The smallest absolute Gasteiger partial charge is 0.225 e. The number of amides is 1. The zero-order valence-electron chi connectivity index (χ0n) is 22.4. The van der Waals surface area contributed by atoms with Crippen LogP contribution in [0.1, 0.15) is 68.2 Å². The number of aromatic nitrogens is 1. The van der Waals surface area contributed by atoms with Crippen LogP contribution in [0.25, 0.3) is 21.8 Å². The number of carbonyl (C=O) groups excluding carboxylic acids is 1. The number of benzene rings is 2. The first-order valence-corrected chi connectivity index (χ1v) is 12.6. The molecule has 0 aliphatic carbocycles. The Hall–Kier alpha value is -2.62. The molecule has 0 saturated carbocycles. The summed E-state index contributed by atoms with van der Waals surface area (Å²) in [6.45, 7) is 19.0. The van der Waals surface area contributed by atoms with Gasteiger partial charge in [0, 0.05) is 29.3 Å². The number of para-hydroxylation sites is 2. The zero-order chi connectivity index (χ0) is 25.1. The van der Waals surface area contributed by atoms with E-state index in [1.54, 1.807) is 0 Å². The third kappa shape index (κ3) is 6.49. The summed E-state index contributed by atoms with van der Waals surface area (Å²) in [5, 5.41) is 9.24. The van der Waals surface area contributed by atoms with Crippen LogP contribution in [-0.4, -0.2) is 24.0 Å². The largest absolute Gasteiger partial charge is 0.383 e. The molecule has 0 radical (unpaired) electrons. The van der Waals surface area contributed by atoms with Crippen LogP contribution in [0.5, 0.6) is 0 Å². The maximum atomic E-state index is 13.2. The van der Waals surface area contributed by atoms with E-state index >= 15 is 0 Å². The standard InChI is InChI=1S/C30H43N3O/c1-21(2)17-28(3,4)19-32-27(34)30(7,8)18-29(5,6)20-31-26-22-13-9-11-15-24(22)33-25-16-12-10-14-23(25)26/h9-16,21H,17-20H2,1-8H3,(H,31,33)(H,32,34). The molecular weight excluding hydrogens is 418 g/mol. The summed E-state index contributed by atoms with van der Waals surface area (Å²) in [5.41, 5.74) is 2.66. The molecule has 0 fully saturated rings. The summed E-state index contributed by atoms with van der Waals surface area (Å²) in [4.78, 5) is 18.0. The molecule has 1 heterocycles. The van der Waals surface area contributed by atoms with Crippen LogP contribution in [0.2, 0.25) is 0 Å². The number of hydrogen-bond donors (Lipinski definition) is 2. The molecule has 0 saturated heterocycles. The third-order valence-corrected chi connectivity index (χ3v) is 6.55. The molecule has 3 aromatic rings. The van der Waals surface area contributed by atoms with Gasteiger partial charge in [-0.2, -0.15) is 0 Å². The lowest BCUT2D eigenvalue weighted by atomic mass is 9.74. The van der Waals surface area contributed by atoms with Crippen molar-refractivity contribution in [3.63, 3.8) is 0 Å². The average Bonchev–Trinajstić information content (AvgIpc) is 2.73. The van der Waals surface area contributed by atoms with E-state index in [9.17, 15) is 4.79 Å². The van der Waals surface area contributed by atoms with Gasteiger partial charge in [0.05, 0.1) is 16.7 Å². The predicted octanol–water partition coefficient (Wildman–Crippen LogP) is 7.43. The minimum Gasteiger partial charge on any atom is -0.383 e. The molecule has 3 rings (SSSR count). The Kier molecular flexibility index (Phi) is 7.59. The highest BCUT2D eigenvalue weighted by molar-refractivity contribution is 6.07. The summed E-state index contributed by atoms with van der Waals surface area (Å²) < 4.78 is 0. The molecule has 184 valence electrons. The molecule has 1 aromatic heterocycles. The molecule has 0 atom stereocenters. The maximum Gasteiger partial charge on any atom is 0.225 e. The lowest BCUT2D eigenvalue weighted by Gasteiger charge is -2.36. The summed E-state index contributed by atoms with van der Waals surface area (Å²) in [6, 6.07) is 16.6.